The van der Waals surface area contributed by atoms with Crippen molar-refractivity contribution in [2.24, 2.45) is 0 Å². The Balaban J connectivity index is 0.00000131. The molecular weight excluding hydrogens is 727 g/mol. The summed E-state index contributed by atoms with van der Waals surface area (Å²) in [5.41, 5.74) is 10.2. The molecule has 0 bridgehead atoms. The van der Waals surface area contributed by atoms with E-state index >= 15 is 0 Å². The fraction of sp³-hybridized carbons (Fsp3) is 0.0213. The second-order valence-electron chi connectivity index (χ2n) is 12.7. The van der Waals surface area contributed by atoms with Crippen molar-refractivity contribution in [3.8, 4) is 11.1 Å². The fourth-order valence-electron chi connectivity index (χ4n) is 7.97. The van der Waals surface area contributed by atoms with Crippen LogP contribution < -0.4 is 35.3 Å². The number of rotatable bonds is 3. The van der Waals surface area contributed by atoms with Gasteiger partial charge in [-0.2, -0.15) is 0 Å². The molecule has 0 aliphatic heterocycles. The molecule has 235 valence electrons. The van der Waals surface area contributed by atoms with Crippen LogP contribution in [0.4, 0.5) is 0 Å². The van der Waals surface area contributed by atoms with Crippen LogP contribution in [0.1, 0.15) is 28.7 Å². The summed E-state index contributed by atoms with van der Waals surface area (Å²) in [5.74, 6) is 0. The summed E-state index contributed by atoms with van der Waals surface area (Å²) in [6.07, 6.45) is 11.6. The molecule has 0 N–H and O–H groups in total. The maximum atomic E-state index is 3.91. The van der Waals surface area contributed by atoms with Crippen molar-refractivity contribution in [2.45, 2.75) is 6.42 Å². The largest absolute Gasteiger partial charge is 3.00 e. The molecule has 8 aromatic rings. The smallest absolute Gasteiger partial charge is 1.00 e. The predicted molar refractivity (Wildman–Crippen MR) is 200 cm³/mol. The molecule has 0 aromatic heterocycles. The van der Waals surface area contributed by atoms with Gasteiger partial charge < -0.3 is 24.8 Å². The van der Waals surface area contributed by atoms with Crippen molar-refractivity contribution in [1.82, 2.24) is 0 Å². The minimum Gasteiger partial charge on any atom is -1.00 e. The molecule has 0 saturated carbocycles. The zero-order valence-corrected chi connectivity index (χ0v) is 31.0. The van der Waals surface area contributed by atoms with Gasteiger partial charge in [-0.3, -0.25) is 0 Å². The average molecular weight is 756 g/mol. The van der Waals surface area contributed by atoms with E-state index in [9.17, 15) is 0 Å². The van der Waals surface area contributed by atoms with E-state index in [4.69, 9.17) is 0 Å². The molecule has 0 fully saturated rings. The number of halogens is 2. The van der Waals surface area contributed by atoms with E-state index in [1.807, 2.05) is 0 Å². The SMILES string of the molecule is [C-]1=c2ccc(=C(c3ccc4ccccc4c3)c3ccc4ccccc4c3)c(C3=CC=CC3)c2-c2c1c1ccccc1c1ccccc21.[Cl-].[Cl-].[Zr+3]. The number of benzene rings is 8. The molecule has 1 radical (unpaired) electrons. The second-order valence-corrected chi connectivity index (χ2v) is 12.7. The molecule has 2 aliphatic rings. The maximum Gasteiger partial charge on any atom is 3.00 e. The molecule has 0 spiro atoms. The maximum absolute atomic E-state index is 3.91. The van der Waals surface area contributed by atoms with E-state index in [2.05, 4.69) is 170 Å². The van der Waals surface area contributed by atoms with Gasteiger partial charge in [-0.15, -0.1) is 28.5 Å². The van der Waals surface area contributed by atoms with Gasteiger partial charge in [0.15, 0.2) is 0 Å². The van der Waals surface area contributed by atoms with Crippen molar-refractivity contribution in [3.05, 3.63) is 197 Å². The standard InChI is InChI=1S/C47H29.2ClH.Zr/c1-5-15-33-27-35(23-21-30(33)11-1)44(36-24-22-31-12-2-6-16-34(31)28-36)42-26-25-37-29-43-40-19-8-7-17-38(40)39-18-9-10-20-41(39)47(43)46(37)45(42)32-13-3-4-14-32;;;/h1-13,15-28H,14H2;2*1H;/q-1;;;+3/p-2. The van der Waals surface area contributed by atoms with E-state index in [0.29, 0.717) is 0 Å². The van der Waals surface area contributed by atoms with Gasteiger partial charge in [0.05, 0.1) is 0 Å². The zero-order valence-electron chi connectivity index (χ0n) is 27.1. The summed E-state index contributed by atoms with van der Waals surface area (Å²) in [6.45, 7) is 0. The van der Waals surface area contributed by atoms with Crippen LogP contribution in [-0.4, -0.2) is 0 Å². The Morgan fingerprint density at radius 1 is 0.480 bits per heavy atom. The Morgan fingerprint density at radius 3 is 1.62 bits per heavy atom. The van der Waals surface area contributed by atoms with E-state index < -0.39 is 0 Å². The molecule has 0 heterocycles. The van der Waals surface area contributed by atoms with Gasteiger partial charge in [0.25, 0.3) is 0 Å². The Morgan fingerprint density at radius 2 is 1.02 bits per heavy atom. The van der Waals surface area contributed by atoms with E-state index in [0.717, 1.165) is 6.42 Å². The molecule has 0 unspecified atom stereocenters. The van der Waals surface area contributed by atoms with E-state index in [1.165, 1.54) is 98.1 Å². The Kier molecular flexibility index (Phi) is 9.27. The van der Waals surface area contributed by atoms with Crippen molar-refractivity contribution in [2.75, 3.05) is 0 Å². The molecule has 2 aliphatic carbocycles. The van der Waals surface area contributed by atoms with Crippen molar-refractivity contribution < 1.29 is 51.0 Å². The first-order valence-corrected chi connectivity index (χ1v) is 16.4. The van der Waals surface area contributed by atoms with E-state index in [1.54, 1.807) is 0 Å². The monoisotopic (exact) mass is 753 g/mol. The number of hydrogen-bond donors (Lipinski definition) is 0. The van der Waals surface area contributed by atoms with Gasteiger partial charge in [0, 0.05) is 0 Å². The van der Waals surface area contributed by atoms with Gasteiger partial charge in [0.1, 0.15) is 0 Å². The topological polar surface area (TPSA) is 0 Å². The molecule has 0 saturated heterocycles. The number of allylic oxidation sites excluding steroid dienone is 4. The van der Waals surface area contributed by atoms with Crippen molar-refractivity contribution >= 4 is 60.3 Å². The third-order valence-electron chi connectivity index (χ3n) is 10.1. The summed E-state index contributed by atoms with van der Waals surface area (Å²) >= 11 is 0. The molecule has 8 aromatic carbocycles. The number of hydrogen-bond acceptors (Lipinski definition) is 0. The molecule has 0 nitrogen and oxygen atoms in total. The van der Waals surface area contributed by atoms with Crippen molar-refractivity contribution in [1.29, 1.82) is 0 Å². The molecule has 0 atom stereocenters. The first-order valence-electron chi connectivity index (χ1n) is 16.4. The van der Waals surface area contributed by atoms with Gasteiger partial charge in [-0.1, -0.05) is 162 Å². The molecule has 10 rings (SSSR count). The van der Waals surface area contributed by atoms with Crippen molar-refractivity contribution in [3.63, 3.8) is 0 Å². The third-order valence-corrected chi connectivity index (χ3v) is 10.1. The van der Waals surface area contributed by atoms with Crippen LogP contribution in [-0.2, 0) is 26.2 Å². The quantitative estimate of drug-likeness (QED) is 0.183. The second kappa shape index (κ2) is 13.7. The normalized spacial score (nSPS) is 12.4. The number of fused-ring (bicyclic) bond motifs is 10. The van der Waals surface area contributed by atoms with Crippen LogP contribution in [0.2, 0.25) is 0 Å². The molecule has 50 heavy (non-hydrogen) atoms. The van der Waals surface area contributed by atoms with Gasteiger partial charge >= 0.3 is 26.2 Å². The van der Waals surface area contributed by atoms with E-state index in [-0.39, 0.29) is 51.0 Å². The summed E-state index contributed by atoms with van der Waals surface area (Å²) < 4.78 is 0. The summed E-state index contributed by atoms with van der Waals surface area (Å²) in [5, 5.41) is 12.6. The third kappa shape index (κ3) is 5.32. The summed E-state index contributed by atoms with van der Waals surface area (Å²) in [7, 11) is 0. The van der Waals surface area contributed by atoms with Gasteiger partial charge in [0.2, 0.25) is 0 Å². The molecule has 0 amide bonds. The summed E-state index contributed by atoms with van der Waals surface area (Å²) in [6, 6.07) is 53.6. The summed E-state index contributed by atoms with van der Waals surface area (Å²) in [4.78, 5) is 0. The van der Waals surface area contributed by atoms with Crippen LogP contribution in [0.15, 0.2) is 164 Å². The van der Waals surface area contributed by atoms with Gasteiger partial charge in [-0.25, -0.2) is 0 Å². The molecular formula is C47H29Cl2Zr. The van der Waals surface area contributed by atoms with Gasteiger partial charge in [-0.05, 0) is 83.9 Å². The van der Waals surface area contributed by atoms with Crippen LogP contribution in [0.3, 0.4) is 0 Å². The minimum atomic E-state index is 0. The first-order chi connectivity index (χ1) is 23.3. The van der Waals surface area contributed by atoms with Crippen LogP contribution in [0.5, 0.6) is 0 Å². The zero-order chi connectivity index (χ0) is 30.9. The first kappa shape index (κ1) is 34.0. The average Bonchev–Trinajstić information content (AvgIpc) is 3.81. The molecule has 3 heteroatoms. The predicted octanol–water partition coefficient (Wildman–Crippen LogP) is 4.58. The Hall–Kier alpha value is -4.52. The Bertz CT molecular complexity index is 2740. The van der Waals surface area contributed by atoms with Crippen LogP contribution in [0.25, 0.3) is 71.4 Å². The van der Waals surface area contributed by atoms with Crippen LogP contribution >= 0.6 is 0 Å². The Labute approximate surface area is 323 Å². The fourth-order valence-corrected chi connectivity index (χ4v) is 7.97. The van der Waals surface area contributed by atoms with Crippen LogP contribution in [0, 0.1) is 0 Å². The minimum absolute atomic E-state index is 0.